The van der Waals surface area contributed by atoms with Crippen molar-refractivity contribution in [3.8, 4) is 0 Å². The van der Waals surface area contributed by atoms with Gasteiger partial charge in [0.15, 0.2) is 5.58 Å². The number of fused-ring (bicyclic) bond motifs is 5. The highest BCUT2D eigenvalue weighted by Crippen LogP contribution is 2.40. The van der Waals surface area contributed by atoms with Gasteiger partial charge in [-0.05, 0) is 45.4 Å². The van der Waals surface area contributed by atoms with Gasteiger partial charge in [0.05, 0.1) is 44.2 Å². The van der Waals surface area contributed by atoms with E-state index < -0.39 is 16.7 Å². The first-order valence-corrected chi connectivity index (χ1v) is 12.3. The summed E-state index contributed by atoms with van der Waals surface area (Å²) in [5, 5.41) is 3.28. The number of hydrogen-bond donors (Lipinski definition) is 1. The first kappa shape index (κ1) is 23.4. The number of amides is 2. The van der Waals surface area contributed by atoms with Crippen LogP contribution in [0.5, 0.6) is 0 Å². The molecule has 34 heavy (non-hydrogen) atoms. The fourth-order valence-corrected chi connectivity index (χ4v) is 6.28. The largest absolute Gasteiger partial charge is 0.463 e. The molecule has 5 rings (SSSR count). The summed E-state index contributed by atoms with van der Waals surface area (Å²) in [5.41, 5.74) is -0.0521. The first-order valence-electron chi connectivity index (χ1n) is 12.3. The molecule has 0 aliphatic carbocycles. The molecule has 3 aliphatic rings. The molecule has 2 bridgehead atoms. The Morgan fingerprint density at radius 2 is 2.03 bits per heavy atom. The highest BCUT2D eigenvalue weighted by atomic mass is 16.6. The summed E-state index contributed by atoms with van der Waals surface area (Å²) in [4.78, 5) is 29.7. The van der Waals surface area contributed by atoms with E-state index in [1.54, 1.807) is 17.2 Å². The van der Waals surface area contributed by atoms with Crippen molar-refractivity contribution in [1.29, 1.82) is 0 Å². The van der Waals surface area contributed by atoms with E-state index in [-0.39, 0.29) is 23.3 Å². The molecular weight excluding hydrogens is 434 g/mol. The van der Waals surface area contributed by atoms with E-state index in [0.29, 0.717) is 37.6 Å². The van der Waals surface area contributed by atoms with E-state index in [9.17, 15) is 9.59 Å². The predicted octanol–water partition coefficient (Wildman–Crippen LogP) is 3.73. The molecule has 2 fully saturated rings. The summed E-state index contributed by atoms with van der Waals surface area (Å²) >= 11 is 0. The molecule has 0 aromatic carbocycles. The van der Waals surface area contributed by atoms with Crippen LogP contribution in [0.3, 0.4) is 0 Å². The molecule has 2 aromatic heterocycles. The van der Waals surface area contributed by atoms with E-state index in [4.69, 9.17) is 13.9 Å². The maximum absolute atomic E-state index is 14.0. The molecule has 2 aromatic rings. The van der Waals surface area contributed by atoms with E-state index in [1.807, 2.05) is 31.4 Å². The number of furan rings is 1. The Balaban J connectivity index is 1.52. The Bertz CT molecular complexity index is 1120. The lowest BCUT2D eigenvalue weighted by molar-refractivity contribution is -0.172. The number of carbonyl (C=O) groups is 2. The van der Waals surface area contributed by atoms with Crippen molar-refractivity contribution in [3.05, 3.63) is 24.1 Å². The van der Waals surface area contributed by atoms with Crippen LogP contribution in [0.1, 0.15) is 71.3 Å². The van der Waals surface area contributed by atoms with Crippen LogP contribution in [0.15, 0.2) is 22.8 Å². The Morgan fingerprint density at radius 3 is 2.76 bits per heavy atom. The Labute approximate surface area is 200 Å². The summed E-state index contributed by atoms with van der Waals surface area (Å²) in [5.74, 6) is -0.343. The van der Waals surface area contributed by atoms with Gasteiger partial charge < -0.3 is 28.7 Å². The van der Waals surface area contributed by atoms with Crippen molar-refractivity contribution in [1.82, 2.24) is 14.8 Å². The monoisotopic (exact) mass is 471 g/mol. The molecule has 186 valence electrons. The molecule has 3 aliphatic heterocycles. The maximum Gasteiger partial charge on any atom is 0.271 e. The number of hydrogen-bond acceptors (Lipinski definition) is 5. The Kier molecular flexibility index (Phi) is 5.23. The Morgan fingerprint density at radius 1 is 1.26 bits per heavy atom. The van der Waals surface area contributed by atoms with E-state index in [1.165, 1.54) is 0 Å². The highest BCUT2D eigenvalue weighted by Gasteiger charge is 2.54. The smallest absolute Gasteiger partial charge is 0.271 e. The predicted molar refractivity (Wildman–Crippen MR) is 128 cm³/mol. The van der Waals surface area contributed by atoms with Crippen LogP contribution in [0.4, 0.5) is 0 Å². The van der Waals surface area contributed by atoms with Crippen molar-refractivity contribution in [3.63, 3.8) is 0 Å². The molecule has 5 heterocycles. The third kappa shape index (κ3) is 3.94. The topological polar surface area (TPSA) is 85.9 Å². The van der Waals surface area contributed by atoms with Gasteiger partial charge in [0.2, 0.25) is 5.91 Å². The van der Waals surface area contributed by atoms with Crippen LogP contribution >= 0.6 is 0 Å². The van der Waals surface area contributed by atoms with Crippen LogP contribution in [-0.2, 0) is 20.8 Å². The number of ether oxygens (including phenoxy) is 2. The second-order valence-corrected chi connectivity index (χ2v) is 12.5. The standard InChI is InChI=1S/C26H37N3O5/c1-23(2,3)13-24(4,5)27-22(31)25(6)14-28-18-8-10-33-20(18)11-19(28)21(30)29(25)15-26-9-7-17(34-26)12-32-16-26/h8,10-11,17H,7,9,12-16H2,1-6H3,(H,27,31). The minimum Gasteiger partial charge on any atom is -0.463 e. The number of aromatic nitrogens is 1. The van der Waals surface area contributed by atoms with Crippen LogP contribution in [-0.4, -0.2) is 63.8 Å². The number of carbonyl (C=O) groups excluding carboxylic acids is 2. The number of nitrogens with one attached hydrogen (secondary N) is 1. The zero-order valence-electron chi connectivity index (χ0n) is 21.2. The maximum atomic E-state index is 14.0. The number of nitrogens with zero attached hydrogens (tertiary/aromatic N) is 2. The third-order valence-corrected chi connectivity index (χ3v) is 7.42. The summed E-state index contributed by atoms with van der Waals surface area (Å²) < 4.78 is 19.7. The van der Waals surface area contributed by atoms with Gasteiger partial charge in [0.1, 0.15) is 16.8 Å². The average Bonchev–Trinajstić information content (AvgIpc) is 3.37. The second kappa shape index (κ2) is 7.59. The lowest BCUT2D eigenvalue weighted by Gasteiger charge is -2.49. The van der Waals surface area contributed by atoms with Crippen molar-refractivity contribution >= 4 is 22.9 Å². The lowest BCUT2D eigenvalue weighted by Crippen LogP contribution is -2.69. The van der Waals surface area contributed by atoms with Crippen LogP contribution in [0.25, 0.3) is 11.1 Å². The van der Waals surface area contributed by atoms with Crippen molar-refractivity contribution in [2.24, 2.45) is 5.41 Å². The van der Waals surface area contributed by atoms with Gasteiger partial charge in [-0.1, -0.05) is 20.8 Å². The van der Waals surface area contributed by atoms with E-state index >= 15 is 0 Å². The van der Waals surface area contributed by atoms with Gasteiger partial charge in [-0.25, -0.2) is 0 Å². The molecule has 8 heteroatoms. The highest BCUT2D eigenvalue weighted by molar-refractivity contribution is 6.03. The Hall–Kier alpha value is -2.32. The molecule has 1 N–H and O–H groups in total. The van der Waals surface area contributed by atoms with Gasteiger partial charge in [0.25, 0.3) is 5.91 Å². The summed E-state index contributed by atoms with van der Waals surface area (Å²) in [6.45, 7) is 14.1. The zero-order chi connectivity index (χ0) is 24.5. The molecule has 0 saturated carbocycles. The summed E-state index contributed by atoms with van der Waals surface area (Å²) in [6, 6.07) is 3.63. The third-order valence-electron chi connectivity index (χ3n) is 7.42. The van der Waals surface area contributed by atoms with Gasteiger partial charge in [-0.2, -0.15) is 0 Å². The zero-order valence-corrected chi connectivity index (χ0v) is 21.2. The molecule has 0 spiro atoms. The van der Waals surface area contributed by atoms with Gasteiger partial charge in [-0.15, -0.1) is 0 Å². The molecule has 8 nitrogen and oxygen atoms in total. The summed E-state index contributed by atoms with van der Waals surface area (Å²) in [7, 11) is 0. The van der Waals surface area contributed by atoms with Crippen LogP contribution in [0, 0.1) is 5.41 Å². The van der Waals surface area contributed by atoms with Crippen molar-refractivity contribution in [2.45, 2.75) is 90.1 Å². The molecule has 0 radical (unpaired) electrons. The van der Waals surface area contributed by atoms with E-state index in [2.05, 4.69) is 26.1 Å². The quantitative estimate of drug-likeness (QED) is 0.718. The fraction of sp³-hybridized carbons (Fsp3) is 0.692. The molecule has 3 unspecified atom stereocenters. The molecule has 2 amide bonds. The minimum atomic E-state index is -1.10. The van der Waals surface area contributed by atoms with Crippen molar-refractivity contribution < 1.29 is 23.5 Å². The average molecular weight is 472 g/mol. The minimum absolute atomic E-state index is 0.0431. The normalized spacial score (nSPS) is 29.5. The molecule has 2 saturated heterocycles. The SMILES string of the molecule is CC(C)(C)CC(C)(C)NC(=O)C1(C)Cn2c(cc3occc32)C(=O)N1CC12CCC(COC1)O2. The molecular formula is C26H37N3O5. The van der Waals surface area contributed by atoms with Gasteiger partial charge >= 0.3 is 0 Å². The van der Waals surface area contributed by atoms with Gasteiger partial charge in [-0.3, -0.25) is 9.59 Å². The van der Waals surface area contributed by atoms with Crippen LogP contribution in [0.2, 0.25) is 0 Å². The summed E-state index contributed by atoms with van der Waals surface area (Å²) in [6.07, 6.45) is 4.21. The fourth-order valence-electron chi connectivity index (χ4n) is 6.28. The second-order valence-electron chi connectivity index (χ2n) is 12.5. The number of rotatable bonds is 5. The first-order chi connectivity index (χ1) is 15.8. The van der Waals surface area contributed by atoms with Gasteiger partial charge in [0, 0.05) is 17.7 Å². The van der Waals surface area contributed by atoms with E-state index in [0.717, 1.165) is 24.8 Å². The lowest BCUT2D eigenvalue weighted by atomic mass is 9.81. The van der Waals surface area contributed by atoms with Crippen LogP contribution < -0.4 is 5.32 Å². The van der Waals surface area contributed by atoms with Crippen molar-refractivity contribution in [2.75, 3.05) is 19.8 Å². The molecule has 3 atom stereocenters.